The summed E-state index contributed by atoms with van der Waals surface area (Å²) < 4.78 is 0. The van der Waals surface area contributed by atoms with Gasteiger partial charge in [-0.05, 0) is 51.3 Å². The molecule has 4 nitrogen and oxygen atoms in total. The summed E-state index contributed by atoms with van der Waals surface area (Å²) in [5.41, 5.74) is 1.26. The lowest BCUT2D eigenvalue weighted by Crippen LogP contribution is -2.25. The van der Waals surface area contributed by atoms with Gasteiger partial charge in [0.25, 0.3) is 0 Å². The number of aryl methyl sites for hydroxylation is 1. The number of phenolic OH excluding ortho intramolecular Hbond substituents is 1. The molecule has 2 N–H and O–H groups in total. The molecule has 1 aromatic heterocycles. The first-order chi connectivity index (χ1) is 11.1. The van der Waals surface area contributed by atoms with Gasteiger partial charge in [0.2, 0.25) is 0 Å². The molecular formula is C18H27N3OS. The van der Waals surface area contributed by atoms with Crippen molar-refractivity contribution in [3.63, 3.8) is 0 Å². The second kappa shape index (κ2) is 8.89. The monoisotopic (exact) mass is 333 g/mol. The van der Waals surface area contributed by atoms with Crippen LogP contribution in [0.5, 0.6) is 5.75 Å². The molecule has 0 aliphatic carbocycles. The fourth-order valence-corrected chi connectivity index (χ4v) is 3.43. The summed E-state index contributed by atoms with van der Waals surface area (Å²) in [7, 11) is 0. The molecule has 0 radical (unpaired) electrons. The molecule has 0 aliphatic heterocycles. The second-order valence-corrected chi connectivity index (χ2v) is 6.86. The third-order valence-corrected chi connectivity index (χ3v) is 5.06. The average Bonchev–Trinajstić information content (AvgIpc) is 3.02. The van der Waals surface area contributed by atoms with Gasteiger partial charge in [0.15, 0.2) is 5.13 Å². The molecule has 1 atom stereocenters. The smallest absolute Gasteiger partial charge is 0.185 e. The van der Waals surface area contributed by atoms with Crippen LogP contribution in [0.25, 0.3) is 0 Å². The highest BCUT2D eigenvalue weighted by Gasteiger charge is 2.09. The summed E-state index contributed by atoms with van der Waals surface area (Å²) in [5.74, 6) is 0.328. The van der Waals surface area contributed by atoms with Crippen LogP contribution in [0.4, 0.5) is 5.13 Å². The zero-order valence-corrected chi connectivity index (χ0v) is 15.1. The van der Waals surface area contributed by atoms with Crippen molar-refractivity contribution in [3.05, 3.63) is 40.9 Å². The standard InChI is InChI=1S/C18H27N3OS/c1-4-21(5-2)18-20-13-17(23-18)12-19-14(3)6-7-15-8-10-16(22)11-9-15/h8-11,13-14,19,22H,4-7,12H2,1-3H3. The molecule has 2 rings (SSSR count). The number of phenols is 1. The Morgan fingerprint density at radius 2 is 1.91 bits per heavy atom. The minimum Gasteiger partial charge on any atom is -0.508 e. The lowest BCUT2D eigenvalue weighted by molar-refractivity contribution is 0.474. The first-order valence-corrected chi connectivity index (χ1v) is 9.15. The molecule has 2 aromatic rings. The number of nitrogens with one attached hydrogen (secondary N) is 1. The molecule has 0 spiro atoms. The van der Waals surface area contributed by atoms with E-state index in [0.29, 0.717) is 11.8 Å². The van der Waals surface area contributed by atoms with E-state index in [0.717, 1.165) is 37.6 Å². The molecule has 0 fully saturated rings. The van der Waals surface area contributed by atoms with Crippen molar-refractivity contribution in [2.75, 3.05) is 18.0 Å². The summed E-state index contributed by atoms with van der Waals surface area (Å²) in [5, 5.41) is 14.0. The predicted octanol–water partition coefficient (Wildman–Crippen LogP) is 3.81. The van der Waals surface area contributed by atoms with Crippen molar-refractivity contribution in [1.82, 2.24) is 10.3 Å². The fraction of sp³-hybridized carbons (Fsp3) is 0.500. The van der Waals surface area contributed by atoms with Crippen LogP contribution >= 0.6 is 11.3 Å². The van der Waals surface area contributed by atoms with Gasteiger partial charge >= 0.3 is 0 Å². The summed E-state index contributed by atoms with van der Waals surface area (Å²) in [6.07, 6.45) is 4.08. The number of thiazole rings is 1. The van der Waals surface area contributed by atoms with Crippen molar-refractivity contribution in [2.45, 2.75) is 46.2 Å². The van der Waals surface area contributed by atoms with Crippen LogP contribution in [0.15, 0.2) is 30.5 Å². The number of hydrogen-bond donors (Lipinski definition) is 2. The van der Waals surface area contributed by atoms with Gasteiger partial charge in [-0.3, -0.25) is 0 Å². The third kappa shape index (κ3) is 5.52. The summed E-state index contributed by atoms with van der Waals surface area (Å²) in [6.45, 7) is 9.41. The number of aromatic hydroxyl groups is 1. The zero-order valence-electron chi connectivity index (χ0n) is 14.2. The van der Waals surface area contributed by atoms with Crippen LogP contribution < -0.4 is 10.2 Å². The molecule has 1 aromatic carbocycles. The van der Waals surface area contributed by atoms with Crippen LogP contribution in [0.2, 0.25) is 0 Å². The van der Waals surface area contributed by atoms with E-state index in [-0.39, 0.29) is 0 Å². The molecule has 126 valence electrons. The normalized spacial score (nSPS) is 12.3. The van der Waals surface area contributed by atoms with E-state index in [1.54, 1.807) is 23.5 Å². The maximum absolute atomic E-state index is 9.30. The minimum atomic E-state index is 0.328. The Hall–Kier alpha value is -1.59. The minimum absolute atomic E-state index is 0.328. The molecule has 0 amide bonds. The zero-order chi connectivity index (χ0) is 16.7. The Balaban J connectivity index is 1.75. The SMILES string of the molecule is CCN(CC)c1ncc(CNC(C)CCc2ccc(O)cc2)s1. The van der Waals surface area contributed by atoms with E-state index in [4.69, 9.17) is 0 Å². The van der Waals surface area contributed by atoms with E-state index >= 15 is 0 Å². The largest absolute Gasteiger partial charge is 0.508 e. The van der Waals surface area contributed by atoms with E-state index in [1.165, 1.54) is 10.4 Å². The van der Waals surface area contributed by atoms with Gasteiger partial charge in [0.1, 0.15) is 5.75 Å². The highest BCUT2D eigenvalue weighted by Crippen LogP contribution is 2.22. The number of aromatic nitrogens is 1. The number of nitrogens with zero attached hydrogens (tertiary/aromatic N) is 2. The molecule has 0 saturated heterocycles. The van der Waals surface area contributed by atoms with Crippen LogP contribution in [-0.4, -0.2) is 29.2 Å². The number of anilines is 1. The highest BCUT2D eigenvalue weighted by molar-refractivity contribution is 7.15. The highest BCUT2D eigenvalue weighted by atomic mass is 32.1. The van der Waals surface area contributed by atoms with Crippen LogP contribution in [-0.2, 0) is 13.0 Å². The Labute approximate surface area is 143 Å². The predicted molar refractivity (Wildman–Crippen MR) is 98.4 cm³/mol. The Bertz CT molecular complexity index is 578. The second-order valence-electron chi connectivity index (χ2n) is 5.77. The molecule has 0 saturated carbocycles. The Kier molecular flexibility index (Phi) is 6.86. The Morgan fingerprint density at radius 1 is 1.22 bits per heavy atom. The molecular weight excluding hydrogens is 306 g/mol. The van der Waals surface area contributed by atoms with Crippen molar-refractivity contribution in [2.24, 2.45) is 0 Å². The van der Waals surface area contributed by atoms with Gasteiger partial charge in [0.05, 0.1) is 0 Å². The molecule has 1 unspecified atom stereocenters. The van der Waals surface area contributed by atoms with Crippen LogP contribution in [0.1, 0.15) is 37.6 Å². The number of benzene rings is 1. The van der Waals surface area contributed by atoms with Gasteiger partial charge < -0.3 is 15.3 Å². The number of rotatable bonds is 9. The van der Waals surface area contributed by atoms with Crippen molar-refractivity contribution < 1.29 is 5.11 Å². The molecule has 1 heterocycles. The van der Waals surface area contributed by atoms with Crippen LogP contribution in [0, 0.1) is 0 Å². The average molecular weight is 334 g/mol. The lowest BCUT2D eigenvalue weighted by Gasteiger charge is -2.16. The van der Waals surface area contributed by atoms with Gasteiger partial charge in [-0.15, -0.1) is 11.3 Å². The van der Waals surface area contributed by atoms with Gasteiger partial charge in [-0.25, -0.2) is 4.98 Å². The first-order valence-electron chi connectivity index (χ1n) is 8.33. The third-order valence-electron chi connectivity index (χ3n) is 4.00. The first kappa shape index (κ1) is 17.8. The molecule has 23 heavy (non-hydrogen) atoms. The quantitative estimate of drug-likeness (QED) is 0.733. The molecule has 0 bridgehead atoms. The van der Waals surface area contributed by atoms with Gasteiger partial charge in [-0.1, -0.05) is 12.1 Å². The van der Waals surface area contributed by atoms with E-state index in [1.807, 2.05) is 18.3 Å². The van der Waals surface area contributed by atoms with E-state index < -0.39 is 0 Å². The van der Waals surface area contributed by atoms with E-state index in [2.05, 4.69) is 36.0 Å². The molecule has 5 heteroatoms. The van der Waals surface area contributed by atoms with Crippen LogP contribution in [0.3, 0.4) is 0 Å². The van der Waals surface area contributed by atoms with Crippen molar-refractivity contribution in [1.29, 1.82) is 0 Å². The van der Waals surface area contributed by atoms with Crippen molar-refractivity contribution >= 4 is 16.5 Å². The van der Waals surface area contributed by atoms with Gasteiger partial charge in [-0.2, -0.15) is 0 Å². The Morgan fingerprint density at radius 3 is 2.57 bits per heavy atom. The summed E-state index contributed by atoms with van der Waals surface area (Å²) in [6, 6.07) is 7.92. The summed E-state index contributed by atoms with van der Waals surface area (Å²) in [4.78, 5) is 8.08. The van der Waals surface area contributed by atoms with E-state index in [9.17, 15) is 5.11 Å². The fourth-order valence-electron chi connectivity index (χ4n) is 2.44. The van der Waals surface area contributed by atoms with Crippen molar-refractivity contribution in [3.8, 4) is 5.75 Å². The van der Waals surface area contributed by atoms with Gasteiger partial charge in [0, 0.05) is 36.8 Å². The molecule has 0 aliphatic rings. The summed E-state index contributed by atoms with van der Waals surface area (Å²) >= 11 is 1.77. The number of hydrogen-bond acceptors (Lipinski definition) is 5. The maximum atomic E-state index is 9.30. The maximum Gasteiger partial charge on any atom is 0.185 e. The topological polar surface area (TPSA) is 48.4 Å². The lowest BCUT2D eigenvalue weighted by atomic mass is 10.1.